The topological polar surface area (TPSA) is 46.4 Å². The number of nitrogens with zero attached hydrogens (tertiary/aromatic N) is 2. The summed E-state index contributed by atoms with van der Waals surface area (Å²) in [6.07, 6.45) is 3.86. The molecule has 1 N–H and O–H groups in total. The number of carbonyl (C=O) groups excluding carboxylic acids is 1. The van der Waals surface area contributed by atoms with Crippen LogP contribution < -0.4 is 5.32 Å². The molecule has 0 unspecified atom stereocenters. The van der Waals surface area contributed by atoms with E-state index in [2.05, 4.69) is 26.2 Å². The number of amides is 1. The van der Waals surface area contributed by atoms with Gasteiger partial charge in [-0.05, 0) is 58.7 Å². The van der Waals surface area contributed by atoms with Crippen LogP contribution in [0.15, 0.2) is 47.2 Å². The number of nitrogens with one attached hydrogen (secondary N) is 1. The van der Waals surface area contributed by atoms with Gasteiger partial charge in [-0.25, -0.2) is 4.98 Å². The van der Waals surface area contributed by atoms with Crippen molar-refractivity contribution in [2.24, 2.45) is 0 Å². The number of pyridine rings is 1. The molecule has 0 fully saturated rings. The zero-order chi connectivity index (χ0) is 15.7. The second-order valence-corrected chi connectivity index (χ2v) is 6.35. The average molecular weight is 379 g/mol. The number of halogens is 2. The zero-order valence-corrected chi connectivity index (χ0v) is 14.1. The Morgan fingerprint density at radius 1 is 1.32 bits per heavy atom. The van der Waals surface area contributed by atoms with E-state index in [0.29, 0.717) is 17.1 Å². The highest BCUT2D eigenvalue weighted by atomic mass is 79.9. The molecule has 0 aliphatic rings. The summed E-state index contributed by atoms with van der Waals surface area (Å²) in [7, 11) is 0. The van der Waals surface area contributed by atoms with Crippen molar-refractivity contribution in [2.45, 2.75) is 13.5 Å². The van der Waals surface area contributed by atoms with E-state index in [1.165, 1.54) is 0 Å². The number of carbonyl (C=O) groups is 1. The largest absolute Gasteiger partial charge is 0.346 e. The molecule has 22 heavy (non-hydrogen) atoms. The molecule has 0 aliphatic heterocycles. The van der Waals surface area contributed by atoms with E-state index in [1.54, 1.807) is 24.3 Å². The molecule has 1 aromatic carbocycles. The molecule has 2 aromatic heterocycles. The molecule has 4 nitrogen and oxygen atoms in total. The molecule has 2 heterocycles. The van der Waals surface area contributed by atoms with Crippen molar-refractivity contribution >= 4 is 39.1 Å². The van der Waals surface area contributed by atoms with E-state index in [0.717, 1.165) is 21.4 Å². The Hall–Kier alpha value is -1.85. The van der Waals surface area contributed by atoms with Crippen LogP contribution in [0.5, 0.6) is 0 Å². The molecule has 112 valence electrons. The van der Waals surface area contributed by atoms with Gasteiger partial charge in [-0.1, -0.05) is 11.6 Å². The van der Waals surface area contributed by atoms with E-state index in [9.17, 15) is 4.79 Å². The van der Waals surface area contributed by atoms with Crippen molar-refractivity contribution in [3.8, 4) is 0 Å². The summed E-state index contributed by atoms with van der Waals surface area (Å²) in [4.78, 5) is 16.6. The number of aromatic nitrogens is 2. The Bertz CT molecular complexity index is 842. The summed E-state index contributed by atoms with van der Waals surface area (Å²) in [5.41, 5.74) is 3.35. The number of imidazole rings is 1. The lowest BCUT2D eigenvalue weighted by molar-refractivity contribution is 0.0950. The maximum atomic E-state index is 12.1. The van der Waals surface area contributed by atoms with Crippen molar-refractivity contribution in [3.05, 3.63) is 69.0 Å². The van der Waals surface area contributed by atoms with Gasteiger partial charge in [0.2, 0.25) is 0 Å². The highest BCUT2D eigenvalue weighted by molar-refractivity contribution is 9.10. The van der Waals surface area contributed by atoms with Crippen LogP contribution in [0, 0.1) is 6.92 Å². The highest BCUT2D eigenvalue weighted by Gasteiger charge is 2.08. The van der Waals surface area contributed by atoms with E-state index in [-0.39, 0.29) is 5.91 Å². The van der Waals surface area contributed by atoms with Crippen LogP contribution in [-0.2, 0) is 6.54 Å². The molecular weight excluding hydrogens is 366 g/mol. The Morgan fingerprint density at radius 2 is 2.05 bits per heavy atom. The third kappa shape index (κ3) is 3.15. The van der Waals surface area contributed by atoms with Crippen LogP contribution in [0.4, 0.5) is 0 Å². The first-order valence-electron chi connectivity index (χ1n) is 6.70. The number of hydrogen-bond acceptors (Lipinski definition) is 2. The molecule has 0 saturated carbocycles. The number of aryl methyl sites for hydroxylation is 1. The summed E-state index contributed by atoms with van der Waals surface area (Å²) in [5.74, 6) is -0.147. The zero-order valence-electron chi connectivity index (χ0n) is 11.8. The lowest BCUT2D eigenvalue weighted by Crippen LogP contribution is -2.22. The first-order valence-corrected chi connectivity index (χ1v) is 7.87. The normalized spacial score (nSPS) is 10.9. The fourth-order valence-electron chi connectivity index (χ4n) is 2.24. The summed E-state index contributed by atoms with van der Waals surface area (Å²) < 4.78 is 2.94. The second kappa shape index (κ2) is 6.10. The molecule has 3 rings (SSSR count). The van der Waals surface area contributed by atoms with E-state index >= 15 is 0 Å². The first-order chi connectivity index (χ1) is 10.5. The predicted molar refractivity (Wildman–Crippen MR) is 90.3 cm³/mol. The minimum absolute atomic E-state index is 0.147. The van der Waals surface area contributed by atoms with Crippen LogP contribution in [0.3, 0.4) is 0 Å². The standard InChI is InChI=1S/C16H13BrClN3O/c1-10-6-12(17)8-21-9-14(20-15(10)21)7-19-16(22)11-2-4-13(18)5-3-11/h2-6,8-9H,7H2,1H3,(H,19,22). The Morgan fingerprint density at radius 3 is 2.77 bits per heavy atom. The monoisotopic (exact) mass is 377 g/mol. The van der Waals surface area contributed by atoms with E-state index in [4.69, 9.17) is 11.6 Å². The Labute approximate surface area is 141 Å². The Balaban J connectivity index is 1.75. The van der Waals surface area contributed by atoms with Crippen molar-refractivity contribution in [3.63, 3.8) is 0 Å². The van der Waals surface area contributed by atoms with Gasteiger partial charge in [0.1, 0.15) is 5.65 Å². The molecule has 0 atom stereocenters. The second-order valence-electron chi connectivity index (χ2n) is 4.99. The van der Waals surface area contributed by atoms with Gasteiger partial charge < -0.3 is 9.72 Å². The smallest absolute Gasteiger partial charge is 0.251 e. The number of hydrogen-bond donors (Lipinski definition) is 1. The molecule has 0 saturated heterocycles. The summed E-state index contributed by atoms with van der Waals surface area (Å²) in [6.45, 7) is 2.38. The van der Waals surface area contributed by atoms with Gasteiger partial charge in [0.05, 0.1) is 12.2 Å². The van der Waals surface area contributed by atoms with Gasteiger partial charge in [-0.2, -0.15) is 0 Å². The van der Waals surface area contributed by atoms with Gasteiger partial charge in [-0.15, -0.1) is 0 Å². The van der Waals surface area contributed by atoms with Gasteiger partial charge in [0.25, 0.3) is 5.91 Å². The third-order valence-electron chi connectivity index (χ3n) is 3.29. The van der Waals surface area contributed by atoms with E-state index in [1.807, 2.05) is 29.8 Å². The minimum atomic E-state index is -0.147. The molecule has 0 spiro atoms. The van der Waals surface area contributed by atoms with Gasteiger partial charge in [0.15, 0.2) is 0 Å². The van der Waals surface area contributed by atoms with Gasteiger partial charge in [0, 0.05) is 27.5 Å². The molecular formula is C16H13BrClN3O. The summed E-state index contributed by atoms with van der Waals surface area (Å²) >= 11 is 9.28. The average Bonchev–Trinajstić information content (AvgIpc) is 2.89. The third-order valence-corrected chi connectivity index (χ3v) is 3.97. The van der Waals surface area contributed by atoms with Crippen LogP contribution in [0.1, 0.15) is 21.6 Å². The number of rotatable bonds is 3. The maximum absolute atomic E-state index is 12.1. The maximum Gasteiger partial charge on any atom is 0.251 e. The van der Waals surface area contributed by atoms with Crippen molar-refractivity contribution in [1.82, 2.24) is 14.7 Å². The Kier molecular flexibility index (Phi) is 4.18. The molecule has 0 bridgehead atoms. The highest BCUT2D eigenvalue weighted by Crippen LogP contribution is 2.17. The number of benzene rings is 1. The van der Waals surface area contributed by atoms with Crippen LogP contribution >= 0.6 is 27.5 Å². The van der Waals surface area contributed by atoms with Gasteiger partial charge in [-0.3, -0.25) is 4.79 Å². The fraction of sp³-hybridized carbons (Fsp3) is 0.125. The molecule has 3 aromatic rings. The molecule has 6 heteroatoms. The minimum Gasteiger partial charge on any atom is -0.346 e. The first kappa shape index (κ1) is 15.1. The summed E-state index contributed by atoms with van der Waals surface area (Å²) in [5, 5.41) is 3.47. The SMILES string of the molecule is Cc1cc(Br)cn2cc(CNC(=O)c3ccc(Cl)cc3)nc12. The lowest BCUT2D eigenvalue weighted by atomic mass is 10.2. The fourth-order valence-corrected chi connectivity index (χ4v) is 2.93. The molecule has 0 aliphatic carbocycles. The quantitative estimate of drug-likeness (QED) is 0.749. The van der Waals surface area contributed by atoms with Crippen LogP contribution in [0.25, 0.3) is 5.65 Å². The molecule has 1 amide bonds. The number of fused-ring (bicyclic) bond motifs is 1. The van der Waals surface area contributed by atoms with Crippen molar-refractivity contribution < 1.29 is 4.79 Å². The predicted octanol–water partition coefficient (Wildman–Crippen LogP) is 3.99. The van der Waals surface area contributed by atoms with Crippen LogP contribution in [0.2, 0.25) is 5.02 Å². The summed E-state index contributed by atoms with van der Waals surface area (Å²) in [6, 6.07) is 8.80. The molecule has 0 radical (unpaired) electrons. The van der Waals surface area contributed by atoms with Crippen LogP contribution in [-0.4, -0.2) is 15.3 Å². The lowest BCUT2D eigenvalue weighted by Gasteiger charge is -2.03. The van der Waals surface area contributed by atoms with Crippen molar-refractivity contribution in [1.29, 1.82) is 0 Å². The van der Waals surface area contributed by atoms with Gasteiger partial charge >= 0.3 is 0 Å². The van der Waals surface area contributed by atoms with Crippen molar-refractivity contribution in [2.75, 3.05) is 0 Å². The van der Waals surface area contributed by atoms with E-state index < -0.39 is 0 Å².